The Labute approximate surface area is 283 Å². The summed E-state index contributed by atoms with van der Waals surface area (Å²) in [4.78, 5) is 56.0. The molecule has 2 amide bonds. The molecule has 2 aliphatic rings. The number of nitrogens with one attached hydrogen (secondary N) is 1. The van der Waals surface area contributed by atoms with E-state index in [0.29, 0.717) is 5.39 Å². The molecule has 48 heavy (non-hydrogen) atoms. The second-order valence-corrected chi connectivity index (χ2v) is 19.2. The highest BCUT2D eigenvalue weighted by Gasteiger charge is 2.61. The van der Waals surface area contributed by atoms with E-state index in [4.69, 9.17) is 4.74 Å². The first kappa shape index (κ1) is 37.2. The van der Waals surface area contributed by atoms with E-state index in [0.717, 1.165) is 11.6 Å². The Balaban J connectivity index is 1.72. The van der Waals surface area contributed by atoms with Gasteiger partial charge in [-0.1, -0.05) is 57.2 Å². The highest BCUT2D eigenvalue weighted by molar-refractivity contribution is 7.92. The third kappa shape index (κ3) is 8.16. The van der Waals surface area contributed by atoms with Gasteiger partial charge < -0.3 is 9.64 Å². The van der Waals surface area contributed by atoms with Crippen molar-refractivity contribution in [3.8, 4) is 0 Å². The Morgan fingerprint density at radius 1 is 1.02 bits per heavy atom. The fourth-order valence-corrected chi connectivity index (χ4v) is 8.77. The Bertz CT molecular complexity index is 1860. The van der Waals surface area contributed by atoms with Crippen molar-refractivity contribution in [2.24, 2.45) is 22.7 Å². The van der Waals surface area contributed by atoms with E-state index in [-0.39, 0.29) is 30.7 Å². The average Bonchev–Trinajstić information content (AvgIpc) is 3.47. The van der Waals surface area contributed by atoms with Crippen LogP contribution in [0.2, 0.25) is 0 Å². The normalized spacial score (nSPS) is 23.7. The molecule has 2 aromatic rings. The van der Waals surface area contributed by atoms with Crippen molar-refractivity contribution in [2.75, 3.05) is 12.8 Å². The topological polar surface area (TPSA) is 161 Å². The minimum atomic E-state index is -4.07. The summed E-state index contributed by atoms with van der Waals surface area (Å²) in [5.41, 5.74) is -2.98. The van der Waals surface area contributed by atoms with Gasteiger partial charge in [-0.2, -0.15) is 0 Å². The monoisotopic (exact) mass is 702 g/mol. The first-order valence-electron chi connectivity index (χ1n) is 15.9. The molecule has 1 heterocycles. The third-order valence-corrected chi connectivity index (χ3v) is 11.9. The van der Waals surface area contributed by atoms with Gasteiger partial charge in [0.25, 0.3) is 0 Å². The third-order valence-electron chi connectivity index (χ3n) is 9.18. The summed E-state index contributed by atoms with van der Waals surface area (Å²) >= 11 is 0. The lowest BCUT2D eigenvalue weighted by molar-refractivity contribution is -0.161. The maximum atomic E-state index is 14.4. The first-order valence-corrected chi connectivity index (χ1v) is 19.3. The number of allylic oxidation sites excluding steroid dienone is 1. The van der Waals surface area contributed by atoms with Gasteiger partial charge in [-0.15, -0.1) is 6.58 Å². The van der Waals surface area contributed by atoms with Crippen LogP contribution in [-0.2, 0) is 43.8 Å². The molecule has 4 rings (SSSR count). The number of hydrogen-bond donors (Lipinski definition) is 1. The zero-order chi connectivity index (χ0) is 36.0. The number of benzene rings is 2. The van der Waals surface area contributed by atoms with Crippen LogP contribution in [0.3, 0.4) is 0 Å². The summed E-state index contributed by atoms with van der Waals surface area (Å²) in [6.07, 6.45) is 1.55. The quantitative estimate of drug-likeness (QED) is 0.267. The number of ether oxygens (including phenoxy) is 1. The molecule has 0 radical (unpaired) electrons. The van der Waals surface area contributed by atoms with Gasteiger partial charge in [0.1, 0.15) is 5.60 Å². The summed E-state index contributed by atoms with van der Waals surface area (Å²) < 4.78 is 59.5. The molecule has 1 N–H and O–H groups in total. The summed E-state index contributed by atoms with van der Waals surface area (Å²) in [5.74, 6) is -4.06. The van der Waals surface area contributed by atoms with Crippen LogP contribution < -0.4 is 4.72 Å². The molecule has 13 heteroatoms. The molecule has 3 unspecified atom stereocenters. The van der Waals surface area contributed by atoms with Crippen LogP contribution in [0.25, 0.3) is 10.8 Å². The predicted octanol–water partition coefficient (Wildman–Crippen LogP) is 4.20. The molecule has 5 atom stereocenters. The number of Topliss-reactive ketones (excluding diaryl/α,β-unsaturated/α-hetero) is 1. The molecule has 2 aromatic carbocycles. The minimum absolute atomic E-state index is 0.0470. The maximum absolute atomic E-state index is 14.4. The number of esters is 1. The molecule has 1 saturated carbocycles. The van der Waals surface area contributed by atoms with Gasteiger partial charge >= 0.3 is 5.97 Å². The lowest BCUT2D eigenvalue weighted by Gasteiger charge is -2.35. The van der Waals surface area contributed by atoms with Gasteiger partial charge in [-0.3, -0.25) is 23.9 Å². The van der Waals surface area contributed by atoms with Gasteiger partial charge in [0.05, 0.1) is 40.2 Å². The van der Waals surface area contributed by atoms with E-state index < -0.39 is 89.4 Å². The number of carbonyl (C=O) groups excluding carboxylic acids is 4. The molecular weight excluding hydrogens is 657 g/mol. The maximum Gasteiger partial charge on any atom is 0.307 e. The molecule has 0 aromatic heterocycles. The van der Waals surface area contributed by atoms with E-state index in [1.807, 2.05) is 16.9 Å². The molecule has 11 nitrogen and oxygen atoms in total. The number of rotatable bonds is 11. The number of nitrogens with zero attached hydrogens (tertiary/aromatic N) is 1. The van der Waals surface area contributed by atoms with E-state index in [9.17, 15) is 36.0 Å². The number of amides is 2. The number of fused-ring (bicyclic) bond motifs is 1. The van der Waals surface area contributed by atoms with Gasteiger partial charge in [-0.05, 0) is 67.9 Å². The second-order valence-electron chi connectivity index (χ2n) is 15.2. The first-order chi connectivity index (χ1) is 22.0. The van der Waals surface area contributed by atoms with Crippen LogP contribution in [0.15, 0.2) is 60.0 Å². The molecule has 262 valence electrons. The summed E-state index contributed by atoms with van der Waals surface area (Å²) in [7, 11) is -8.00. The van der Waals surface area contributed by atoms with Crippen molar-refractivity contribution >= 4 is 54.2 Å². The Morgan fingerprint density at radius 2 is 1.65 bits per heavy atom. The van der Waals surface area contributed by atoms with Crippen LogP contribution in [0, 0.1) is 22.7 Å². The Morgan fingerprint density at radius 3 is 2.19 bits per heavy atom. The van der Waals surface area contributed by atoms with Crippen LogP contribution in [-0.4, -0.2) is 75.0 Å². The molecule has 0 spiro atoms. The highest BCUT2D eigenvalue weighted by atomic mass is 32.2. The number of sulfonamides is 1. The molecule has 0 bridgehead atoms. The number of hydrogen-bond acceptors (Lipinski definition) is 9. The van der Waals surface area contributed by atoms with E-state index >= 15 is 0 Å². The van der Waals surface area contributed by atoms with Crippen molar-refractivity contribution in [1.82, 2.24) is 9.62 Å². The molecule has 1 saturated heterocycles. The Hall–Kier alpha value is -3.58. The summed E-state index contributed by atoms with van der Waals surface area (Å²) in [6, 6.07) is 10.8. The zero-order valence-electron chi connectivity index (χ0n) is 28.6. The minimum Gasteiger partial charge on any atom is -0.460 e. The van der Waals surface area contributed by atoms with Crippen molar-refractivity contribution < 1.29 is 40.8 Å². The molecular formula is C35H46N2O9S2. The van der Waals surface area contributed by atoms with Crippen LogP contribution in [0.5, 0.6) is 0 Å². The second kappa shape index (κ2) is 13.0. The number of carbonyl (C=O) groups is 4. The van der Waals surface area contributed by atoms with Crippen LogP contribution in [0.1, 0.15) is 67.2 Å². The van der Waals surface area contributed by atoms with Crippen molar-refractivity contribution in [1.29, 1.82) is 0 Å². The summed E-state index contributed by atoms with van der Waals surface area (Å²) in [5, 5.41) is 0.404. The van der Waals surface area contributed by atoms with Crippen LogP contribution >= 0.6 is 0 Å². The number of likely N-dealkylation sites (tertiary alicyclic amines) is 1. The van der Waals surface area contributed by atoms with Gasteiger partial charge in [0.2, 0.25) is 21.8 Å². The lowest BCUT2D eigenvalue weighted by atomic mass is 9.77. The van der Waals surface area contributed by atoms with E-state index in [2.05, 4.69) is 6.58 Å². The number of sulfone groups is 1. The summed E-state index contributed by atoms with van der Waals surface area (Å²) in [6.45, 7) is 13.9. The van der Waals surface area contributed by atoms with Gasteiger partial charge in [0, 0.05) is 13.0 Å². The lowest BCUT2D eigenvalue weighted by Crippen LogP contribution is -2.48. The average molecular weight is 703 g/mol. The fourth-order valence-electron chi connectivity index (χ4n) is 6.51. The smallest absolute Gasteiger partial charge is 0.307 e. The molecule has 1 aliphatic heterocycles. The highest BCUT2D eigenvalue weighted by Crippen LogP contribution is 2.57. The number of ketones is 1. The predicted molar refractivity (Wildman–Crippen MR) is 182 cm³/mol. The van der Waals surface area contributed by atoms with Gasteiger partial charge in [0.15, 0.2) is 15.6 Å². The standard InChI is InChI=1S/C35H46N2O9S2/c1-9-24-19-35(24,32(41)36-47(8,42)43)20-29(38)28-17-26(48(44,45)25-15-14-22-12-10-11-13-23(22)16-25)21-37(28)31(40)27(33(2,3)4)18-30(39)46-34(5,6)7/h9-16,24,26-28H,1,17-21H2,2-8H3,(H,36,41)/t24?,26-,27?,28+,35?/m1/s1. The molecule has 2 fully saturated rings. The van der Waals surface area contributed by atoms with Crippen molar-refractivity contribution in [3.05, 3.63) is 55.1 Å². The molecule has 1 aliphatic carbocycles. The zero-order valence-corrected chi connectivity index (χ0v) is 30.2. The largest absolute Gasteiger partial charge is 0.460 e. The van der Waals surface area contributed by atoms with E-state index in [1.165, 1.54) is 17.0 Å². The van der Waals surface area contributed by atoms with E-state index in [1.54, 1.807) is 65.8 Å². The Kier molecular flexibility index (Phi) is 10.1. The SMILES string of the molecule is C=CC1CC1(CC(=O)[C@@H]1C[C@@H](S(=O)(=O)c2ccc3ccccc3c2)CN1C(=O)C(CC(=O)OC(C)(C)C)C(C)(C)C)C(=O)NS(C)(=O)=O. The van der Waals surface area contributed by atoms with Crippen molar-refractivity contribution in [2.45, 2.75) is 89.0 Å². The van der Waals surface area contributed by atoms with Crippen LogP contribution in [0.4, 0.5) is 0 Å². The fraction of sp³-hybridized carbons (Fsp3) is 0.543. The van der Waals surface area contributed by atoms with Crippen molar-refractivity contribution in [3.63, 3.8) is 0 Å². The van der Waals surface area contributed by atoms with Gasteiger partial charge in [-0.25, -0.2) is 16.8 Å².